The largest absolute Gasteiger partial charge is 0.444 e. The lowest BCUT2D eigenvalue weighted by molar-refractivity contribution is -0.0950. The van der Waals surface area contributed by atoms with Crippen LogP contribution in [0.4, 0.5) is 4.79 Å². The van der Waals surface area contributed by atoms with Crippen molar-refractivity contribution in [3.05, 3.63) is 34.3 Å². The van der Waals surface area contributed by atoms with Gasteiger partial charge < -0.3 is 25.1 Å². The Hall–Kier alpha value is -0.690. The molecule has 0 bridgehead atoms. The molecule has 0 radical (unpaired) electrons. The van der Waals surface area contributed by atoms with Crippen LogP contribution >= 0.6 is 41.5 Å². The summed E-state index contributed by atoms with van der Waals surface area (Å²) in [6.45, 7) is 7.89. The minimum absolute atomic E-state index is 0.166. The van der Waals surface area contributed by atoms with Crippen molar-refractivity contribution in [2.45, 2.75) is 51.2 Å². The van der Waals surface area contributed by atoms with Gasteiger partial charge in [-0.3, -0.25) is 0 Å². The number of hydrogen-bond acceptors (Lipinski definition) is 8. The van der Waals surface area contributed by atoms with E-state index in [4.69, 9.17) is 21.1 Å². The van der Waals surface area contributed by atoms with Gasteiger partial charge in [-0.1, -0.05) is 8.93 Å². The highest BCUT2D eigenvalue weighted by Crippen LogP contribution is 2.44. The first-order valence-electron chi connectivity index (χ1n) is 9.53. The Morgan fingerprint density at radius 2 is 2.17 bits per heavy atom. The number of ether oxygens (including phenoxy) is 2. The third-order valence-corrected chi connectivity index (χ3v) is 6.98. The maximum absolute atomic E-state index is 12.1. The molecule has 1 saturated heterocycles. The number of nitrogens with zero attached hydrogens (tertiary/aromatic N) is 2. The second-order valence-electron chi connectivity index (χ2n) is 7.93. The maximum atomic E-state index is 12.1. The number of amides is 1. The van der Waals surface area contributed by atoms with Crippen LogP contribution in [0.5, 0.6) is 0 Å². The summed E-state index contributed by atoms with van der Waals surface area (Å²) in [4.78, 5) is 15.3. The Morgan fingerprint density at radius 3 is 2.76 bits per heavy atom. The molecule has 0 saturated carbocycles. The third kappa shape index (κ3) is 7.20. The highest BCUT2D eigenvalue weighted by Gasteiger charge is 2.43. The van der Waals surface area contributed by atoms with Crippen molar-refractivity contribution in [3.63, 3.8) is 0 Å². The molecule has 3 heterocycles. The first kappa shape index (κ1) is 24.6. The number of carbonyl (C=O) groups excluding carboxylic acids is 1. The second-order valence-corrected chi connectivity index (χ2v) is 11.2. The van der Waals surface area contributed by atoms with E-state index in [-0.39, 0.29) is 11.7 Å². The van der Waals surface area contributed by atoms with Crippen molar-refractivity contribution in [2.75, 3.05) is 25.6 Å². The molecule has 1 aromatic heterocycles. The minimum Gasteiger partial charge on any atom is -0.444 e. The van der Waals surface area contributed by atoms with Gasteiger partial charge in [0.2, 0.25) is 0 Å². The van der Waals surface area contributed by atoms with Crippen molar-refractivity contribution < 1.29 is 14.3 Å². The number of thiophene rings is 1. The van der Waals surface area contributed by atoms with Crippen LogP contribution in [0, 0.1) is 0 Å². The Morgan fingerprint density at radius 1 is 1.48 bits per heavy atom. The predicted octanol–water partition coefficient (Wildman–Crippen LogP) is 4.18. The fraction of sp³-hybridized carbons (Fsp3) is 0.632. The van der Waals surface area contributed by atoms with E-state index in [1.807, 2.05) is 25.7 Å². The molecule has 3 rings (SSSR count). The molecule has 0 aliphatic carbocycles. The van der Waals surface area contributed by atoms with Crippen molar-refractivity contribution in [3.8, 4) is 0 Å². The molecule has 7 nitrogen and oxygen atoms in total. The number of hydrogen-bond donors (Lipinski definition) is 2. The van der Waals surface area contributed by atoms with Crippen LogP contribution in [-0.4, -0.2) is 47.2 Å². The molecule has 29 heavy (non-hydrogen) atoms. The third-order valence-electron chi connectivity index (χ3n) is 4.61. The van der Waals surface area contributed by atoms with E-state index in [1.165, 1.54) is 21.6 Å². The average Bonchev–Trinajstić information content (AvgIpc) is 3.12. The van der Waals surface area contributed by atoms with Crippen molar-refractivity contribution in [2.24, 2.45) is 11.6 Å². The number of nitrogens with two attached hydrogens (primary N) is 2. The number of fused-ring (bicyclic) bond motifs is 2. The molecule has 0 unspecified atom stereocenters. The molecule has 0 atom stereocenters. The van der Waals surface area contributed by atoms with Crippen LogP contribution < -0.4 is 11.6 Å². The topological polar surface area (TPSA) is 94.0 Å². The highest BCUT2D eigenvalue weighted by atomic mass is 127. The highest BCUT2D eigenvalue weighted by molar-refractivity contribution is 14.2. The van der Waals surface area contributed by atoms with Gasteiger partial charge in [-0.05, 0) is 78.2 Å². The van der Waals surface area contributed by atoms with Crippen LogP contribution in [0.2, 0.25) is 0 Å². The summed E-state index contributed by atoms with van der Waals surface area (Å²) in [5.74, 6) is 6.09. The number of rotatable bonds is 3. The lowest BCUT2D eigenvalue weighted by Crippen LogP contribution is -2.49. The fourth-order valence-electron chi connectivity index (χ4n) is 3.31. The summed E-state index contributed by atoms with van der Waals surface area (Å²) < 4.78 is 11.6. The van der Waals surface area contributed by atoms with Crippen LogP contribution in [0.25, 0.3) is 0 Å². The summed E-state index contributed by atoms with van der Waals surface area (Å²) in [6.07, 6.45) is 5.55. The Kier molecular flexibility index (Phi) is 9.39. The lowest BCUT2D eigenvalue weighted by Gasteiger charge is -2.43. The molecule has 10 heteroatoms. The normalized spacial score (nSPS) is 18.2. The summed E-state index contributed by atoms with van der Waals surface area (Å²) in [7, 11) is 1.61. The molecule has 2 aliphatic heterocycles. The molecule has 0 aromatic carbocycles. The summed E-state index contributed by atoms with van der Waals surface area (Å²) in [5, 5.41) is 3.67. The molecular weight excluding hydrogens is 523 g/mol. The molecule has 1 fully saturated rings. The van der Waals surface area contributed by atoms with E-state index in [2.05, 4.69) is 32.7 Å². The number of likely N-dealkylation sites (tertiary alicyclic amines) is 1. The van der Waals surface area contributed by atoms with Crippen molar-refractivity contribution >= 4 is 47.6 Å². The standard InChI is InChI=1S/C16H23NO3S.C3H8IN3S/c1-15(2,3)20-14(18)17-8-6-16(7-9-17)13-12(4-10-19-16)5-11-21-13;4-8-3-7(6)2-1-5/h5,11H,4,6-10H2,1-3H3;1-2H,3,5-6H2/b;2-1-. The molecule has 4 N–H and O–H groups in total. The van der Waals surface area contributed by atoms with Crippen molar-refractivity contribution in [1.82, 2.24) is 9.91 Å². The van der Waals surface area contributed by atoms with E-state index in [0.29, 0.717) is 13.1 Å². The molecule has 164 valence electrons. The van der Waals surface area contributed by atoms with Gasteiger partial charge in [-0.2, -0.15) is 0 Å². The summed E-state index contributed by atoms with van der Waals surface area (Å²) in [5.41, 5.74) is 5.87. The van der Waals surface area contributed by atoms with Gasteiger partial charge in [-0.25, -0.2) is 10.6 Å². The van der Waals surface area contributed by atoms with Crippen molar-refractivity contribution in [1.29, 1.82) is 0 Å². The van der Waals surface area contributed by atoms with Gasteiger partial charge in [0, 0.05) is 30.4 Å². The summed E-state index contributed by atoms with van der Waals surface area (Å²) in [6, 6.07) is 2.21. The zero-order chi connectivity index (χ0) is 21.5. The number of hydrazine groups is 1. The summed E-state index contributed by atoms with van der Waals surface area (Å²) >= 11 is 3.95. The van der Waals surface area contributed by atoms with Crippen LogP contribution in [-0.2, 0) is 21.5 Å². The quantitative estimate of drug-likeness (QED) is 0.251. The van der Waals surface area contributed by atoms with Gasteiger partial charge in [0.05, 0.1) is 12.5 Å². The zero-order valence-electron chi connectivity index (χ0n) is 17.2. The SMILES string of the molecule is CC(C)(C)OC(=O)N1CCC2(CC1)OCCc1ccsc12.N/C=C\N(N)CSI. The van der Waals surface area contributed by atoms with Crippen LogP contribution in [0.1, 0.15) is 44.1 Å². The predicted molar refractivity (Wildman–Crippen MR) is 129 cm³/mol. The first-order valence-corrected chi connectivity index (χ1v) is 13.9. The van der Waals surface area contributed by atoms with E-state index < -0.39 is 5.60 Å². The van der Waals surface area contributed by atoms with E-state index in [0.717, 1.165) is 31.7 Å². The lowest BCUT2D eigenvalue weighted by atomic mass is 9.85. The Labute approximate surface area is 193 Å². The molecule has 1 aromatic rings. The molecule has 1 amide bonds. The smallest absolute Gasteiger partial charge is 0.410 e. The maximum Gasteiger partial charge on any atom is 0.410 e. The van der Waals surface area contributed by atoms with Crippen LogP contribution in [0.3, 0.4) is 0 Å². The van der Waals surface area contributed by atoms with Gasteiger partial charge in [0.25, 0.3) is 0 Å². The monoisotopic (exact) mass is 554 g/mol. The van der Waals surface area contributed by atoms with E-state index in [1.54, 1.807) is 26.5 Å². The van der Waals surface area contributed by atoms with E-state index in [9.17, 15) is 4.79 Å². The van der Waals surface area contributed by atoms with Gasteiger partial charge in [-0.15, -0.1) is 11.3 Å². The second kappa shape index (κ2) is 11.1. The molecule has 2 aliphatic rings. The van der Waals surface area contributed by atoms with E-state index >= 15 is 0 Å². The minimum atomic E-state index is -0.436. The molecular formula is C19H31IN4O3S2. The number of piperidine rings is 1. The zero-order valence-corrected chi connectivity index (χ0v) is 21.0. The molecule has 1 spiro atoms. The number of carbonyl (C=O) groups is 1. The van der Waals surface area contributed by atoms with Gasteiger partial charge in [0.1, 0.15) is 11.2 Å². The fourth-order valence-corrected chi connectivity index (χ4v) is 5.64. The Balaban J connectivity index is 0.000000321. The average molecular weight is 555 g/mol. The van der Waals surface area contributed by atoms with Gasteiger partial charge in [0.15, 0.2) is 0 Å². The first-order chi connectivity index (χ1) is 13.7. The van der Waals surface area contributed by atoms with Gasteiger partial charge >= 0.3 is 6.09 Å². The van der Waals surface area contributed by atoms with Crippen LogP contribution in [0.15, 0.2) is 23.8 Å². The Bertz CT molecular complexity index is 685. The number of halogens is 1.